The van der Waals surface area contributed by atoms with E-state index >= 15 is 0 Å². The predicted octanol–water partition coefficient (Wildman–Crippen LogP) is 1.40. The molecule has 0 unspecified atom stereocenters. The van der Waals surface area contributed by atoms with Gasteiger partial charge in [0.2, 0.25) is 0 Å². The summed E-state index contributed by atoms with van der Waals surface area (Å²) in [5.41, 5.74) is 6.85. The second-order valence-electron chi connectivity index (χ2n) is 3.09. The van der Waals surface area contributed by atoms with Crippen LogP contribution in [0.15, 0.2) is 35.7 Å². The number of hydrogen-bond acceptors (Lipinski definition) is 3. The largest absolute Gasteiger partial charge is 0.397 e. The van der Waals surface area contributed by atoms with Crippen LogP contribution < -0.4 is 5.73 Å². The summed E-state index contributed by atoms with van der Waals surface area (Å²) in [6, 6.07) is 4.99. The lowest BCUT2D eigenvalue weighted by Gasteiger charge is -2.07. The summed E-state index contributed by atoms with van der Waals surface area (Å²) in [5.74, 6) is 0. The van der Waals surface area contributed by atoms with Crippen molar-refractivity contribution < 1.29 is 8.42 Å². The zero-order valence-corrected chi connectivity index (χ0v) is 8.84. The monoisotopic (exact) mass is 211 g/mol. The molecule has 76 valence electrons. The van der Waals surface area contributed by atoms with Crippen molar-refractivity contribution in [2.75, 3.05) is 12.0 Å². The molecule has 0 heterocycles. The highest BCUT2D eigenvalue weighted by molar-refractivity contribution is 7.90. The zero-order chi connectivity index (χ0) is 10.8. The normalized spacial score (nSPS) is 11.2. The molecular formula is C10H13NO2S. The van der Waals surface area contributed by atoms with Gasteiger partial charge in [-0.25, -0.2) is 8.42 Å². The Labute approximate surface area is 84.2 Å². The molecule has 0 aliphatic heterocycles. The first-order valence-corrected chi connectivity index (χ1v) is 6.04. The van der Waals surface area contributed by atoms with Crippen molar-refractivity contribution in [3.63, 3.8) is 0 Å². The number of allylic oxidation sites excluding steroid dienone is 1. The lowest BCUT2D eigenvalue weighted by Crippen LogP contribution is -2.04. The van der Waals surface area contributed by atoms with Crippen molar-refractivity contribution in [2.24, 2.45) is 0 Å². The maximum atomic E-state index is 11.3. The smallest absolute Gasteiger partial charge is 0.177 e. The van der Waals surface area contributed by atoms with E-state index in [-0.39, 0.29) is 4.90 Å². The van der Waals surface area contributed by atoms with Crippen LogP contribution >= 0.6 is 0 Å². The highest BCUT2D eigenvalue weighted by Gasteiger charge is 2.12. The molecule has 0 aliphatic carbocycles. The van der Waals surface area contributed by atoms with Crippen LogP contribution in [0.2, 0.25) is 0 Å². The summed E-state index contributed by atoms with van der Waals surface area (Å²) >= 11 is 0. The first-order chi connectivity index (χ1) is 6.46. The Hall–Kier alpha value is -1.29. The highest BCUT2D eigenvalue weighted by atomic mass is 32.2. The van der Waals surface area contributed by atoms with E-state index in [9.17, 15) is 8.42 Å². The van der Waals surface area contributed by atoms with Crippen molar-refractivity contribution in [3.8, 4) is 0 Å². The molecule has 0 fully saturated rings. The van der Waals surface area contributed by atoms with Gasteiger partial charge in [-0.1, -0.05) is 18.2 Å². The van der Waals surface area contributed by atoms with Gasteiger partial charge in [0.15, 0.2) is 9.84 Å². The van der Waals surface area contributed by atoms with Gasteiger partial charge in [0.1, 0.15) is 0 Å². The van der Waals surface area contributed by atoms with Crippen LogP contribution in [-0.2, 0) is 16.3 Å². The lowest BCUT2D eigenvalue weighted by atomic mass is 10.1. The van der Waals surface area contributed by atoms with Crippen LogP contribution in [0.3, 0.4) is 0 Å². The van der Waals surface area contributed by atoms with Gasteiger partial charge >= 0.3 is 0 Å². The van der Waals surface area contributed by atoms with Crippen LogP contribution in [0.4, 0.5) is 5.69 Å². The molecule has 1 aromatic rings. The molecule has 4 heteroatoms. The van der Waals surface area contributed by atoms with Crippen LogP contribution in [-0.4, -0.2) is 14.7 Å². The number of rotatable bonds is 3. The van der Waals surface area contributed by atoms with Crippen molar-refractivity contribution >= 4 is 15.5 Å². The molecule has 3 nitrogen and oxygen atoms in total. The number of anilines is 1. The highest BCUT2D eigenvalue weighted by Crippen LogP contribution is 2.22. The van der Waals surface area contributed by atoms with E-state index in [0.717, 1.165) is 11.8 Å². The van der Waals surface area contributed by atoms with Crippen LogP contribution in [0.25, 0.3) is 0 Å². The van der Waals surface area contributed by atoms with Crippen molar-refractivity contribution in [3.05, 3.63) is 36.4 Å². The number of benzene rings is 1. The van der Waals surface area contributed by atoms with E-state index in [1.165, 1.54) is 6.07 Å². The van der Waals surface area contributed by atoms with Crippen molar-refractivity contribution in [2.45, 2.75) is 11.3 Å². The average molecular weight is 211 g/mol. The summed E-state index contributed by atoms with van der Waals surface area (Å²) in [6.07, 6.45) is 3.42. The SMILES string of the molecule is C=CCc1cccc(S(C)(=O)=O)c1N. The van der Waals surface area contributed by atoms with Crippen LogP contribution in [0.5, 0.6) is 0 Å². The topological polar surface area (TPSA) is 60.2 Å². The summed E-state index contributed by atoms with van der Waals surface area (Å²) < 4.78 is 22.6. The first-order valence-electron chi connectivity index (χ1n) is 4.15. The lowest BCUT2D eigenvalue weighted by molar-refractivity contribution is 0.602. The van der Waals surface area contributed by atoms with Gasteiger partial charge < -0.3 is 5.73 Å². The van der Waals surface area contributed by atoms with Gasteiger partial charge in [-0.3, -0.25) is 0 Å². The Morgan fingerprint density at radius 3 is 2.64 bits per heavy atom. The third-order valence-corrected chi connectivity index (χ3v) is 3.08. The molecule has 14 heavy (non-hydrogen) atoms. The number of para-hydroxylation sites is 1. The van der Waals surface area contributed by atoms with Gasteiger partial charge in [-0.15, -0.1) is 6.58 Å². The Bertz CT molecular complexity index is 449. The van der Waals surface area contributed by atoms with E-state index in [1.54, 1.807) is 18.2 Å². The molecule has 0 radical (unpaired) electrons. The van der Waals surface area contributed by atoms with Crippen LogP contribution in [0, 0.1) is 0 Å². The summed E-state index contributed by atoms with van der Waals surface area (Å²) in [6.45, 7) is 3.58. The Morgan fingerprint density at radius 1 is 1.50 bits per heavy atom. The third kappa shape index (κ3) is 2.14. The second kappa shape index (κ2) is 3.84. The minimum absolute atomic E-state index is 0.192. The fourth-order valence-electron chi connectivity index (χ4n) is 1.25. The summed E-state index contributed by atoms with van der Waals surface area (Å²) in [7, 11) is -3.23. The summed E-state index contributed by atoms with van der Waals surface area (Å²) in [4.78, 5) is 0.192. The molecule has 0 amide bonds. The second-order valence-corrected chi connectivity index (χ2v) is 5.08. The Balaban J connectivity index is 3.35. The maximum Gasteiger partial charge on any atom is 0.177 e. The van der Waals surface area contributed by atoms with E-state index in [4.69, 9.17) is 5.73 Å². The molecule has 2 N–H and O–H groups in total. The van der Waals surface area contributed by atoms with Crippen LogP contribution in [0.1, 0.15) is 5.56 Å². The molecule has 0 saturated heterocycles. The zero-order valence-electron chi connectivity index (χ0n) is 8.03. The van der Waals surface area contributed by atoms with E-state index in [0.29, 0.717) is 12.1 Å². The molecule has 1 rings (SSSR count). The molecule has 0 bridgehead atoms. The fraction of sp³-hybridized carbons (Fsp3) is 0.200. The predicted molar refractivity (Wildman–Crippen MR) is 57.9 cm³/mol. The van der Waals surface area contributed by atoms with E-state index in [2.05, 4.69) is 6.58 Å². The molecule has 0 atom stereocenters. The van der Waals surface area contributed by atoms with Gasteiger partial charge in [0, 0.05) is 6.26 Å². The number of hydrogen-bond donors (Lipinski definition) is 1. The van der Waals surface area contributed by atoms with Crippen molar-refractivity contribution in [1.82, 2.24) is 0 Å². The molecule has 0 aliphatic rings. The van der Waals surface area contributed by atoms with E-state index < -0.39 is 9.84 Å². The quantitative estimate of drug-likeness (QED) is 0.607. The molecule has 0 aromatic heterocycles. The number of nitrogen functional groups attached to an aromatic ring is 1. The minimum Gasteiger partial charge on any atom is -0.397 e. The van der Waals surface area contributed by atoms with Crippen molar-refractivity contribution in [1.29, 1.82) is 0 Å². The molecule has 0 saturated carbocycles. The molecule has 0 spiro atoms. The Morgan fingerprint density at radius 2 is 2.14 bits per heavy atom. The van der Waals surface area contributed by atoms with Gasteiger partial charge in [-0.05, 0) is 18.1 Å². The minimum atomic E-state index is -3.23. The molecule has 1 aromatic carbocycles. The standard InChI is InChI=1S/C10H13NO2S/c1-3-5-8-6-4-7-9(10(8)11)14(2,12)13/h3-4,6-7H,1,5,11H2,2H3. The maximum absolute atomic E-state index is 11.3. The number of sulfone groups is 1. The number of nitrogens with two attached hydrogens (primary N) is 1. The molecular weight excluding hydrogens is 198 g/mol. The van der Waals surface area contributed by atoms with Gasteiger partial charge in [0.05, 0.1) is 10.6 Å². The van der Waals surface area contributed by atoms with Gasteiger partial charge in [0.25, 0.3) is 0 Å². The Kier molecular flexibility index (Phi) is 2.96. The fourth-order valence-corrected chi connectivity index (χ4v) is 2.10. The van der Waals surface area contributed by atoms with E-state index in [1.807, 2.05) is 0 Å². The van der Waals surface area contributed by atoms with Gasteiger partial charge in [-0.2, -0.15) is 0 Å². The third-order valence-electron chi connectivity index (χ3n) is 1.92. The average Bonchev–Trinajstić information content (AvgIpc) is 2.07. The first kappa shape index (κ1) is 10.8. The summed E-state index contributed by atoms with van der Waals surface area (Å²) in [5, 5.41) is 0.